The number of ether oxygens (including phenoxy) is 1. The Bertz CT molecular complexity index is 531. The topological polar surface area (TPSA) is 26.3 Å². The van der Waals surface area contributed by atoms with Gasteiger partial charge in [-0.05, 0) is 30.5 Å². The Morgan fingerprint density at radius 1 is 0.962 bits per heavy atom. The van der Waals surface area contributed by atoms with E-state index in [0.717, 1.165) is 12.0 Å². The van der Waals surface area contributed by atoms with Crippen LogP contribution in [0.4, 0.5) is 0 Å². The molecule has 0 unspecified atom stereocenters. The lowest BCUT2D eigenvalue weighted by Crippen LogP contribution is -2.02. The molecule has 0 bridgehead atoms. The molecule has 0 aliphatic carbocycles. The highest BCUT2D eigenvalue weighted by Crippen LogP contribution is 2.16. The highest BCUT2D eigenvalue weighted by molar-refractivity contribution is 5.83. The van der Waals surface area contributed by atoms with Crippen LogP contribution >= 0.6 is 0 Å². The van der Waals surface area contributed by atoms with Gasteiger partial charge in [0, 0.05) is 6.08 Å². The number of hydrogen-bond donors (Lipinski definition) is 0. The third kappa shape index (κ3) is 11.7. The summed E-state index contributed by atoms with van der Waals surface area (Å²) in [6.45, 7) is 5.68. The largest absolute Gasteiger partial charge is 0.423 e. The van der Waals surface area contributed by atoms with Crippen molar-refractivity contribution in [1.29, 1.82) is 0 Å². The van der Waals surface area contributed by atoms with Crippen molar-refractivity contribution in [3.05, 3.63) is 48.6 Å². The Hall–Kier alpha value is -1.83. The first kappa shape index (κ1) is 22.2. The van der Waals surface area contributed by atoms with E-state index >= 15 is 0 Å². The first-order valence-electron chi connectivity index (χ1n) is 10.4. The fourth-order valence-corrected chi connectivity index (χ4v) is 2.99. The molecule has 0 spiro atoms. The van der Waals surface area contributed by atoms with Crippen molar-refractivity contribution in [2.45, 2.75) is 84.0 Å². The zero-order valence-corrected chi connectivity index (χ0v) is 16.6. The predicted octanol–water partition coefficient (Wildman–Crippen LogP) is 7.49. The summed E-state index contributed by atoms with van der Waals surface area (Å²) in [5.74, 6) is 0.138. The molecule has 0 amide bonds. The first-order valence-corrected chi connectivity index (χ1v) is 10.4. The van der Waals surface area contributed by atoms with Crippen LogP contribution < -0.4 is 4.74 Å². The Morgan fingerprint density at radius 2 is 1.58 bits per heavy atom. The molecule has 0 atom stereocenters. The van der Waals surface area contributed by atoms with E-state index in [0.29, 0.717) is 5.75 Å². The monoisotopic (exact) mass is 356 g/mol. The number of esters is 1. The molecule has 0 fully saturated rings. The summed E-state index contributed by atoms with van der Waals surface area (Å²) in [6.07, 6.45) is 21.7. The Kier molecular flexibility index (Phi) is 13.2. The average molecular weight is 357 g/mol. The van der Waals surface area contributed by atoms with Gasteiger partial charge in [0.1, 0.15) is 5.75 Å². The second-order valence-electron chi connectivity index (χ2n) is 6.92. The van der Waals surface area contributed by atoms with Gasteiger partial charge in [-0.25, -0.2) is 4.79 Å². The minimum atomic E-state index is -0.424. The van der Waals surface area contributed by atoms with E-state index in [2.05, 4.69) is 25.7 Å². The molecular formula is C24H36O2. The van der Waals surface area contributed by atoms with Crippen molar-refractivity contribution in [2.75, 3.05) is 0 Å². The molecule has 0 radical (unpaired) electrons. The van der Waals surface area contributed by atoms with Gasteiger partial charge in [-0.1, -0.05) is 102 Å². The maximum Gasteiger partial charge on any atom is 0.335 e. The standard InChI is InChI=1S/C24H36O2/c1-3-5-6-7-8-9-10-11-12-13-14-15-16-18-22-19-17-20-23(21-22)26-24(25)4-2/h4,16-21H,2-3,5-15H2,1H3. The smallest absolute Gasteiger partial charge is 0.335 e. The number of carbonyl (C=O) groups excluding carboxylic acids is 1. The molecule has 2 nitrogen and oxygen atoms in total. The third-order valence-corrected chi connectivity index (χ3v) is 4.53. The van der Waals surface area contributed by atoms with Crippen molar-refractivity contribution < 1.29 is 9.53 Å². The molecule has 1 rings (SSSR count). The van der Waals surface area contributed by atoms with Gasteiger partial charge in [0.2, 0.25) is 0 Å². The van der Waals surface area contributed by atoms with Crippen LogP contribution in [0.25, 0.3) is 6.08 Å². The highest BCUT2D eigenvalue weighted by Gasteiger charge is 1.99. The van der Waals surface area contributed by atoms with Crippen molar-refractivity contribution in [2.24, 2.45) is 0 Å². The lowest BCUT2D eigenvalue weighted by atomic mass is 10.1. The fraction of sp³-hybridized carbons (Fsp3) is 0.542. The number of rotatable bonds is 15. The molecule has 0 saturated carbocycles. The zero-order valence-electron chi connectivity index (χ0n) is 16.6. The van der Waals surface area contributed by atoms with Crippen LogP contribution in [0.3, 0.4) is 0 Å². The lowest BCUT2D eigenvalue weighted by molar-refractivity contribution is -0.128. The molecule has 1 aromatic rings. The Balaban J connectivity index is 2.05. The molecule has 144 valence electrons. The summed E-state index contributed by atoms with van der Waals surface area (Å²) >= 11 is 0. The molecule has 0 aromatic heterocycles. The predicted molar refractivity (Wildman–Crippen MR) is 112 cm³/mol. The van der Waals surface area contributed by atoms with Gasteiger partial charge in [-0.2, -0.15) is 0 Å². The zero-order chi connectivity index (χ0) is 18.9. The van der Waals surface area contributed by atoms with Crippen LogP contribution in [0, 0.1) is 0 Å². The van der Waals surface area contributed by atoms with Gasteiger partial charge >= 0.3 is 5.97 Å². The molecule has 0 heterocycles. The molecule has 0 N–H and O–H groups in total. The summed E-state index contributed by atoms with van der Waals surface area (Å²) in [5, 5.41) is 0. The SMILES string of the molecule is C=CC(=O)Oc1cccc(C=CCCCCCCCCCCCCC)c1. The number of carbonyl (C=O) groups is 1. The molecule has 0 saturated heterocycles. The van der Waals surface area contributed by atoms with Crippen molar-refractivity contribution in [3.8, 4) is 5.75 Å². The van der Waals surface area contributed by atoms with E-state index in [-0.39, 0.29) is 0 Å². The summed E-state index contributed by atoms with van der Waals surface area (Å²) in [7, 11) is 0. The van der Waals surface area contributed by atoms with E-state index < -0.39 is 5.97 Å². The molecular weight excluding hydrogens is 320 g/mol. The highest BCUT2D eigenvalue weighted by atomic mass is 16.5. The normalized spacial score (nSPS) is 11.0. The number of allylic oxidation sites excluding steroid dienone is 1. The lowest BCUT2D eigenvalue weighted by Gasteiger charge is -2.02. The van der Waals surface area contributed by atoms with E-state index in [1.165, 1.54) is 76.7 Å². The van der Waals surface area contributed by atoms with Gasteiger partial charge in [0.25, 0.3) is 0 Å². The quantitative estimate of drug-likeness (QED) is 0.141. The van der Waals surface area contributed by atoms with Crippen molar-refractivity contribution >= 4 is 12.0 Å². The van der Waals surface area contributed by atoms with Crippen LogP contribution in [0.1, 0.15) is 89.5 Å². The molecule has 1 aromatic carbocycles. The second-order valence-corrected chi connectivity index (χ2v) is 6.92. The number of benzene rings is 1. The fourth-order valence-electron chi connectivity index (χ4n) is 2.99. The first-order chi connectivity index (χ1) is 12.8. The summed E-state index contributed by atoms with van der Waals surface area (Å²) in [6, 6.07) is 7.57. The van der Waals surface area contributed by atoms with E-state index in [1.54, 1.807) is 6.07 Å². The van der Waals surface area contributed by atoms with Gasteiger partial charge in [-0.15, -0.1) is 0 Å². The third-order valence-electron chi connectivity index (χ3n) is 4.53. The Labute approximate surface area is 160 Å². The average Bonchev–Trinajstić information content (AvgIpc) is 2.65. The molecule has 0 aliphatic heterocycles. The van der Waals surface area contributed by atoms with Crippen molar-refractivity contribution in [1.82, 2.24) is 0 Å². The van der Waals surface area contributed by atoms with E-state index in [4.69, 9.17) is 4.74 Å². The summed E-state index contributed by atoms with van der Waals surface area (Å²) < 4.78 is 5.13. The van der Waals surface area contributed by atoms with Crippen molar-refractivity contribution in [3.63, 3.8) is 0 Å². The van der Waals surface area contributed by atoms with Gasteiger partial charge < -0.3 is 4.74 Å². The molecule has 26 heavy (non-hydrogen) atoms. The van der Waals surface area contributed by atoms with Crippen LogP contribution in [-0.4, -0.2) is 5.97 Å². The Morgan fingerprint density at radius 3 is 2.19 bits per heavy atom. The number of unbranched alkanes of at least 4 members (excludes halogenated alkanes) is 11. The van der Waals surface area contributed by atoms with E-state index in [1.807, 2.05) is 18.2 Å². The maximum absolute atomic E-state index is 11.2. The van der Waals surface area contributed by atoms with Gasteiger partial charge in [-0.3, -0.25) is 0 Å². The summed E-state index contributed by atoms with van der Waals surface area (Å²) in [4.78, 5) is 11.2. The van der Waals surface area contributed by atoms with Crippen LogP contribution in [-0.2, 0) is 4.79 Å². The maximum atomic E-state index is 11.2. The minimum Gasteiger partial charge on any atom is -0.423 e. The van der Waals surface area contributed by atoms with Gasteiger partial charge in [0.15, 0.2) is 0 Å². The van der Waals surface area contributed by atoms with Gasteiger partial charge in [0.05, 0.1) is 0 Å². The summed E-state index contributed by atoms with van der Waals surface area (Å²) in [5.41, 5.74) is 1.06. The van der Waals surface area contributed by atoms with Crippen LogP contribution in [0.15, 0.2) is 43.0 Å². The molecule has 2 heteroatoms. The second kappa shape index (κ2) is 15.4. The van der Waals surface area contributed by atoms with Crippen LogP contribution in [0.5, 0.6) is 5.75 Å². The van der Waals surface area contributed by atoms with Crippen LogP contribution in [0.2, 0.25) is 0 Å². The van der Waals surface area contributed by atoms with E-state index in [9.17, 15) is 4.79 Å². The molecule has 0 aliphatic rings. The number of hydrogen-bond acceptors (Lipinski definition) is 2. The minimum absolute atomic E-state index is 0.424.